The number of alkyl halides is 2. The average Bonchev–Trinajstić information content (AvgIpc) is 2.47. The first kappa shape index (κ1) is 13.7. The number of rotatable bonds is 1. The van der Waals surface area contributed by atoms with Gasteiger partial charge in [-0.2, -0.15) is 5.10 Å². The second-order valence-corrected chi connectivity index (χ2v) is 5.10. The molecule has 1 aromatic carbocycles. The smallest absolute Gasteiger partial charge is 0.274 e. The standard InChI is InChI=1S/C14H13F2N3O2/c15-14(16)5-7-19(8-6-14)13(21)11-9-3-1-2-4-10(9)12(20)18-17-11/h1-4H,5-8H2,(H,18,20). The fourth-order valence-corrected chi connectivity index (χ4v) is 2.46. The van der Waals surface area contributed by atoms with Gasteiger partial charge in [0.1, 0.15) is 0 Å². The third-order valence-electron chi connectivity index (χ3n) is 3.68. The van der Waals surface area contributed by atoms with E-state index in [1.807, 2.05) is 0 Å². The lowest BCUT2D eigenvalue weighted by molar-refractivity contribution is -0.0494. The van der Waals surface area contributed by atoms with Crippen molar-refractivity contribution >= 4 is 16.7 Å². The Morgan fingerprint density at radius 3 is 2.48 bits per heavy atom. The van der Waals surface area contributed by atoms with Gasteiger partial charge in [-0.05, 0) is 6.07 Å². The number of hydrogen-bond acceptors (Lipinski definition) is 3. The molecule has 1 fully saturated rings. The zero-order valence-corrected chi connectivity index (χ0v) is 11.1. The Labute approximate surface area is 118 Å². The van der Waals surface area contributed by atoms with E-state index in [2.05, 4.69) is 10.2 Å². The van der Waals surface area contributed by atoms with Crippen molar-refractivity contribution in [1.29, 1.82) is 0 Å². The molecular weight excluding hydrogens is 280 g/mol. The Balaban J connectivity index is 1.96. The largest absolute Gasteiger partial charge is 0.337 e. The number of halogens is 2. The van der Waals surface area contributed by atoms with Gasteiger partial charge in [-0.25, -0.2) is 13.9 Å². The molecule has 5 nitrogen and oxygen atoms in total. The number of aromatic nitrogens is 2. The molecule has 1 saturated heterocycles. The molecule has 1 N–H and O–H groups in total. The number of piperidine rings is 1. The van der Waals surface area contributed by atoms with Crippen LogP contribution in [0.15, 0.2) is 29.1 Å². The first-order valence-corrected chi connectivity index (χ1v) is 6.62. The lowest BCUT2D eigenvalue weighted by Crippen LogP contribution is -2.43. The predicted molar refractivity (Wildman–Crippen MR) is 72.4 cm³/mol. The number of nitrogens with zero attached hydrogens (tertiary/aromatic N) is 2. The van der Waals surface area contributed by atoms with Gasteiger partial charge in [0.25, 0.3) is 17.4 Å². The summed E-state index contributed by atoms with van der Waals surface area (Å²) in [7, 11) is 0. The highest BCUT2D eigenvalue weighted by atomic mass is 19.3. The minimum absolute atomic E-state index is 0.0129. The van der Waals surface area contributed by atoms with E-state index in [0.29, 0.717) is 10.8 Å². The molecule has 0 saturated carbocycles. The van der Waals surface area contributed by atoms with E-state index in [0.717, 1.165) is 0 Å². The minimum Gasteiger partial charge on any atom is -0.337 e. The number of carbonyl (C=O) groups is 1. The average molecular weight is 293 g/mol. The minimum atomic E-state index is -2.71. The van der Waals surface area contributed by atoms with Crippen molar-refractivity contribution in [2.24, 2.45) is 0 Å². The fourth-order valence-electron chi connectivity index (χ4n) is 2.46. The van der Waals surface area contributed by atoms with Crippen LogP contribution in [0.2, 0.25) is 0 Å². The number of likely N-dealkylation sites (tertiary alicyclic amines) is 1. The summed E-state index contributed by atoms with van der Waals surface area (Å²) >= 11 is 0. The number of benzene rings is 1. The van der Waals surface area contributed by atoms with Gasteiger partial charge < -0.3 is 4.90 Å². The maximum atomic E-state index is 13.1. The van der Waals surface area contributed by atoms with Crippen LogP contribution >= 0.6 is 0 Å². The number of H-pyrrole nitrogens is 1. The van der Waals surface area contributed by atoms with Gasteiger partial charge >= 0.3 is 0 Å². The van der Waals surface area contributed by atoms with Crippen LogP contribution in [0.3, 0.4) is 0 Å². The number of hydrogen-bond donors (Lipinski definition) is 1. The molecular formula is C14H13F2N3O2. The Bertz CT molecular complexity index is 747. The Kier molecular flexibility index (Phi) is 3.19. The van der Waals surface area contributed by atoms with Crippen molar-refractivity contribution in [3.63, 3.8) is 0 Å². The predicted octanol–water partition coefficient (Wildman–Crippen LogP) is 1.79. The lowest BCUT2D eigenvalue weighted by Gasteiger charge is -2.31. The molecule has 1 aromatic heterocycles. The van der Waals surface area contributed by atoms with E-state index in [4.69, 9.17) is 0 Å². The zero-order valence-electron chi connectivity index (χ0n) is 11.1. The Morgan fingerprint density at radius 1 is 1.19 bits per heavy atom. The quantitative estimate of drug-likeness (QED) is 0.871. The summed E-state index contributed by atoms with van der Waals surface area (Å²) in [4.78, 5) is 25.5. The fraction of sp³-hybridized carbons (Fsp3) is 0.357. The molecule has 1 aliphatic heterocycles. The molecule has 3 rings (SSSR count). The molecule has 1 amide bonds. The number of fused-ring (bicyclic) bond motifs is 1. The topological polar surface area (TPSA) is 66.1 Å². The maximum absolute atomic E-state index is 13.1. The van der Waals surface area contributed by atoms with Crippen LogP contribution in [0.5, 0.6) is 0 Å². The number of nitrogens with one attached hydrogen (secondary N) is 1. The van der Waals surface area contributed by atoms with Gasteiger partial charge in [-0.15, -0.1) is 0 Å². The van der Waals surface area contributed by atoms with Gasteiger partial charge in [0.2, 0.25) is 0 Å². The highest BCUT2D eigenvalue weighted by Crippen LogP contribution is 2.28. The summed E-state index contributed by atoms with van der Waals surface area (Å²) in [6, 6.07) is 6.61. The molecule has 110 valence electrons. The van der Waals surface area contributed by atoms with Crippen molar-refractivity contribution < 1.29 is 13.6 Å². The van der Waals surface area contributed by atoms with Crippen molar-refractivity contribution in [1.82, 2.24) is 15.1 Å². The molecule has 0 spiro atoms. The van der Waals surface area contributed by atoms with E-state index in [1.165, 1.54) is 4.90 Å². The summed E-state index contributed by atoms with van der Waals surface area (Å²) < 4.78 is 26.3. The van der Waals surface area contributed by atoms with E-state index in [-0.39, 0.29) is 37.2 Å². The molecule has 2 heterocycles. The van der Waals surface area contributed by atoms with Crippen LogP contribution < -0.4 is 5.56 Å². The van der Waals surface area contributed by atoms with Crippen molar-refractivity contribution in [2.75, 3.05) is 13.1 Å². The second kappa shape index (κ2) is 4.91. The number of aromatic amines is 1. The monoisotopic (exact) mass is 293 g/mol. The normalized spacial score (nSPS) is 17.9. The van der Waals surface area contributed by atoms with E-state index >= 15 is 0 Å². The van der Waals surface area contributed by atoms with E-state index < -0.39 is 11.8 Å². The third-order valence-corrected chi connectivity index (χ3v) is 3.68. The Hall–Kier alpha value is -2.31. The molecule has 0 bridgehead atoms. The van der Waals surface area contributed by atoms with Gasteiger partial charge in [-0.3, -0.25) is 9.59 Å². The molecule has 21 heavy (non-hydrogen) atoms. The molecule has 0 aliphatic carbocycles. The zero-order chi connectivity index (χ0) is 15.0. The van der Waals surface area contributed by atoms with Crippen LogP contribution in [0.25, 0.3) is 10.8 Å². The van der Waals surface area contributed by atoms with Crippen LogP contribution in [0, 0.1) is 0 Å². The van der Waals surface area contributed by atoms with E-state index in [1.54, 1.807) is 24.3 Å². The van der Waals surface area contributed by atoms with Crippen LogP contribution in [-0.4, -0.2) is 40.0 Å². The van der Waals surface area contributed by atoms with Crippen molar-refractivity contribution in [3.8, 4) is 0 Å². The maximum Gasteiger partial charge on any atom is 0.274 e. The first-order chi connectivity index (χ1) is 9.98. The first-order valence-electron chi connectivity index (χ1n) is 6.62. The van der Waals surface area contributed by atoms with Crippen molar-refractivity contribution in [3.05, 3.63) is 40.3 Å². The van der Waals surface area contributed by atoms with Gasteiger partial charge in [-0.1, -0.05) is 18.2 Å². The molecule has 0 atom stereocenters. The lowest BCUT2D eigenvalue weighted by atomic mass is 10.1. The van der Waals surface area contributed by atoms with Gasteiger partial charge in [0.05, 0.1) is 5.39 Å². The SMILES string of the molecule is O=C(c1n[nH]c(=O)c2ccccc12)N1CCC(F)(F)CC1. The number of amides is 1. The van der Waals surface area contributed by atoms with E-state index in [9.17, 15) is 18.4 Å². The summed E-state index contributed by atoms with van der Waals surface area (Å²) in [5.74, 6) is -3.14. The summed E-state index contributed by atoms with van der Waals surface area (Å²) in [5.41, 5.74) is -0.289. The van der Waals surface area contributed by atoms with Crippen LogP contribution in [-0.2, 0) is 0 Å². The Morgan fingerprint density at radius 2 is 1.81 bits per heavy atom. The summed E-state index contributed by atoms with van der Waals surface area (Å²) in [6.07, 6.45) is -0.694. The molecule has 0 radical (unpaired) electrons. The number of carbonyl (C=O) groups excluding carboxylic acids is 1. The molecule has 0 unspecified atom stereocenters. The van der Waals surface area contributed by atoms with Crippen molar-refractivity contribution in [2.45, 2.75) is 18.8 Å². The third kappa shape index (κ3) is 2.51. The highest BCUT2D eigenvalue weighted by Gasteiger charge is 2.36. The van der Waals surface area contributed by atoms with Gasteiger partial charge in [0, 0.05) is 31.3 Å². The van der Waals surface area contributed by atoms with Gasteiger partial charge in [0.15, 0.2) is 5.69 Å². The molecule has 1 aliphatic rings. The van der Waals surface area contributed by atoms with Crippen LogP contribution in [0.4, 0.5) is 8.78 Å². The highest BCUT2D eigenvalue weighted by molar-refractivity contribution is 6.04. The summed E-state index contributed by atoms with van der Waals surface area (Å²) in [6.45, 7) is -0.0259. The van der Waals surface area contributed by atoms with Crippen LogP contribution in [0.1, 0.15) is 23.3 Å². The summed E-state index contributed by atoms with van der Waals surface area (Å²) in [5, 5.41) is 6.87. The molecule has 2 aromatic rings. The molecule has 7 heteroatoms. The second-order valence-electron chi connectivity index (χ2n) is 5.10.